The van der Waals surface area contributed by atoms with Crippen molar-refractivity contribution in [2.24, 2.45) is 0 Å². The van der Waals surface area contributed by atoms with Gasteiger partial charge in [0.25, 0.3) is 0 Å². The summed E-state index contributed by atoms with van der Waals surface area (Å²) in [6.45, 7) is 9.52. The van der Waals surface area contributed by atoms with Gasteiger partial charge in [-0.3, -0.25) is 4.90 Å². The van der Waals surface area contributed by atoms with Crippen molar-refractivity contribution in [3.05, 3.63) is 72.7 Å². The first-order valence-corrected chi connectivity index (χ1v) is 13.0. The summed E-state index contributed by atoms with van der Waals surface area (Å²) in [5.41, 5.74) is 4.95. The Hall–Kier alpha value is -2.93. The summed E-state index contributed by atoms with van der Waals surface area (Å²) in [7, 11) is 1.79. The first-order valence-electron chi connectivity index (χ1n) is 13.0. The SMILES string of the molecule is CN1CCCC1c1ncc(-c2ccc(-c3cccc4c(B5OC(C)(C)C(C)(C)O5)cccc34)cc2)[nH]1. The molecule has 184 valence electrons. The van der Waals surface area contributed by atoms with Gasteiger partial charge in [-0.05, 0) is 87.1 Å². The van der Waals surface area contributed by atoms with Crippen LogP contribution in [0.3, 0.4) is 0 Å². The molecular formula is C30H34BN3O2. The second-order valence-corrected chi connectivity index (χ2v) is 11.2. The molecule has 2 aliphatic rings. The van der Waals surface area contributed by atoms with E-state index < -0.39 is 0 Å². The molecule has 5 nitrogen and oxygen atoms in total. The van der Waals surface area contributed by atoms with Crippen molar-refractivity contribution in [3.63, 3.8) is 0 Å². The molecule has 1 unspecified atom stereocenters. The highest BCUT2D eigenvalue weighted by Crippen LogP contribution is 2.38. The van der Waals surface area contributed by atoms with E-state index in [0.29, 0.717) is 6.04 Å². The number of nitrogens with zero attached hydrogens (tertiary/aromatic N) is 2. The number of fused-ring (bicyclic) bond motifs is 1. The lowest BCUT2D eigenvalue weighted by atomic mass is 9.75. The summed E-state index contributed by atoms with van der Waals surface area (Å²) in [5.74, 6) is 1.07. The first kappa shape index (κ1) is 23.5. The fraction of sp³-hybridized carbons (Fsp3) is 0.367. The standard InChI is InChI=1S/C30H34BN3O2/c1-29(2)30(3,4)36-31(35-29)25-12-7-10-23-22(9-6-11-24(23)25)20-14-16-21(17-15-20)26-19-32-28(33-26)27-13-8-18-34(27)5/h6-7,9-12,14-17,19,27H,8,13,18H2,1-5H3,(H,32,33). The van der Waals surface area contributed by atoms with Crippen LogP contribution in [0.5, 0.6) is 0 Å². The Morgan fingerprint density at radius 1 is 0.889 bits per heavy atom. The van der Waals surface area contributed by atoms with Gasteiger partial charge in [0.15, 0.2) is 0 Å². The maximum absolute atomic E-state index is 6.38. The van der Waals surface area contributed by atoms with Crippen LogP contribution in [0, 0.1) is 0 Å². The quantitative estimate of drug-likeness (QED) is 0.367. The minimum Gasteiger partial charge on any atom is -0.399 e. The van der Waals surface area contributed by atoms with Gasteiger partial charge >= 0.3 is 7.12 Å². The van der Waals surface area contributed by atoms with Gasteiger partial charge in [0.2, 0.25) is 0 Å². The molecule has 1 aromatic heterocycles. The van der Waals surface area contributed by atoms with Crippen LogP contribution in [0.4, 0.5) is 0 Å². The van der Waals surface area contributed by atoms with Crippen LogP contribution in [0.15, 0.2) is 66.9 Å². The van der Waals surface area contributed by atoms with Crippen LogP contribution >= 0.6 is 0 Å². The zero-order valence-electron chi connectivity index (χ0n) is 21.8. The Morgan fingerprint density at radius 3 is 2.25 bits per heavy atom. The van der Waals surface area contributed by atoms with Gasteiger partial charge in [-0.2, -0.15) is 0 Å². The van der Waals surface area contributed by atoms with Gasteiger partial charge in [-0.15, -0.1) is 0 Å². The smallest absolute Gasteiger partial charge is 0.399 e. The second kappa shape index (κ2) is 8.58. The lowest BCUT2D eigenvalue weighted by Crippen LogP contribution is -2.41. The molecule has 0 saturated carbocycles. The zero-order chi connectivity index (χ0) is 25.1. The molecule has 0 radical (unpaired) electrons. The zero-order valence-corrected chi connectivity index (χ0v) is 21.8. The molecule has 3 aromatic carbocycles. The van der Waals surface area contributed by atoms with E-state index in [1.165, 1.54) is 22.9 Å². The van der Waals surface area contributed by atoms with Gasteiger partial charge in [-0.1, -0.05) is 60.7 Å². The molecule has 6 rings (SSSR count). The molecule has 1 N–H and O–H groups in total. The fourth-order valence-electron chi connectivity index (χ4n) is 5.50. The average Bonchev–Trinajstić information content (AvgIpc) is 3.56. The summed E-state index contributed by atoms with van der Waals surface area (Å²) in [5, 5.41) is 2.36. The molecule has 1 atom stereocenters. The molecule has 0 bridgehead atoms. The molecule has 2 saturated heterocycles. The maximum Gasteiger partial charge on any atom is 0.495 e. The molecule has 4 aromatic rings. The highest BCUT2D eigenvalue weighted by molar-refractivity contribution is 6.65. The largest absolute Gasteiger partial charge is 0.495 e. The number of rotatable bonds is 4. The van der Waals surface area contributed by atoms with Crippen molar-refractivity contribution in [1.82, 2.24) is 14.9 Å². The molecule has 2 aliphatic heterocycles. The molecule has 2 fully saturated rings. The first-order chi connectivity index (χ1) is 17.2. The maximum atomic E-state index is 6.38. The van der Waals surface area contributed by atoms with Gasteiger partial charge < -0.3 is 14.3 Å². The molecule has 36 heavy (non-hydrogen) atoms. The summed E-state index contributed by atoms with van der Waals surface area (Å²) < 4.78 is 12.8. The van der Waals surface area contributed by atoms with Crippen molar-refractivity contribution < 1.29 is 9.31 Å². The molecular weight excluding hydrogens is 445 g/mol. The second-order valence-electron chi connectivity index (χ2n) is 11.2. The number of hydrogen-bond donors (Lipinski definition) is 1. The number of imidazole rings is 1. The van der Waals surface area contributed by atoms with Crippen LogP contribution < -0.4 is 5.46 Å². The number of benzene rings is 3. The number of hydrogen-bond acceptors (Lipinski definition) is 4. The summed E-state index contributed by atoms with van der Waals surface area (Å²) in [6.07, 6.45) is 4.36. The molecule has 0 spiro atoms. The van der Waals surface area contributed by atoms with Crippen molar-refractivity contribution in [3.8, 4) is 22.4 Å². The van der Waals surface area contributed by atoms with Crippen molar-refractivity contribution in [2.75, 3.05) is 13.6 Å². The third kappa shape index (κ3) is 3.88. The summed E-state index contributed by atoms with van der Waals surface area (Å²) >= 11 is 0. The van der Waals surface area contributed by atoms with Crippen molar-refractivity contribution in [1.29, 1.82) is 0 Å². The Kier molecular flexibility index (Phi) is 5.60. The van der Waals surface area contributed by atoms with Gasteiger partial charge in [0.05, 0.1) is 29.1 Å². The third-order valence-corrected chi connectivity index (χ3v) is 8.40. The van der Waals surface area contributed by atoms with E-state index in [-0.39, 0.29) is 18.3 Å². The van der Waals surface area contributed by atoms with E-state index in [9.17, 15) is 0 Å². The van der Waals surface area contributed by atoms with Crippen LogP contribution in [-0.2, 0) is 9.31 Å². The molecule has 6 heteroatoms. The van der Waals surface area contributed by atoms with Crippen molar-refractivity contribution >= 4 is 23.4 Å². The Morgan fingerprint density at radius 2 is 1.56 bits per heavy atom. The Bertz CT molecular complexity index is 1390. The van der Waals surface area contributed by atoms with E-state index >= 15 is 0 Å². The van der Waals surface area contributed by atoms with Crippen LogP contribution in [-0.4, -0.2) is 46.8 Å². The lowest BCUT2D eigenvalue weighted by Gasteiger charge is -2.32. The van der Waals surface area contributed by atoms with Crippen LogP contribution in [0.1, 0.15) is 52.4 Å². The van der Waals surface area contributed by atoms with E-state index in [0.717, 1.165) is 40.9 Å². The Labute approximate surface area is 214 Å². The minimum absolute atomic E-state index is 0.368. The van der Waals surface area contributed by atoms with Gasteiger partial charge in [0.1, 0.15) is 5.82 Å². The lowest BCUT2D eigenvalue weighted by molar-refractivity contribution is 0.00578. The fourth-order valence-corrected chi connectivity index (χ4v) is 5.50. The Balaban J connectivity index is 1.31. The van der Waals surface area contributed by atoms with E-state index in [2.05, 4.69) is 105 Å². The third-order valence-electron chi connectivity index (χ3n) is 8.40. The van der Waals surface area contributed by atoms with Crippen LogP contribution in [0.2, 0.25) is 0 Å². The average molecular weight is 479 g/mol. The highest BCUT2D eigenvalue weighted by atomic mass is 16.7. The summed E-state index contributed by atoms with van der Waals surface area (Å²) in [6, 6.07) is 22.1. The monoisotopic (exact) mass is 479 g/mol. The van der Waals surface area contributed by atoms with Crippen molar-refractivity contribution in [2.45, 2.75) is 57.8 Å². The predicted molar refractivity (Wildman–Crippen MR) is 147 cm³/mol. The van der Waals surface area contributed by atoms with E-state index in [1.807, 2.05) is 6.20 Å². The predicted octanol–water partition coefficient (Wildman–Crippen LogP) is 5.96. The highest BCUT2D eigenvalue weighted by Gasteiger charge is 2.52. The minimum atomic E-state index is -0.384. The van der Waals surface area contributed by atoms with Gasteiger partial charge in [0, 0.05) is 0 Å². The van der Waals surface area contributed by atoms with Gasteiger partial charge in [-0.25, -0.2) is 4.98 Å². The number of H-pyrrole nitrogens is 1. The summed E-state index contributed by atoms with van der Waals surface area (Å²) in [4.78, 5) is 10.6. The normalized spacial score (nSPS) is 21.5. The number of aromatic nitrogens is 2. The van der Waals surface area contributed by atoms with E-state index in [1.54, 1.807) is 0 Å². The topological polar surface area (TPSA) is 50.4 Å². The number of nitrogens with one attached hydrogen (secondary N) is 1. The molecule has 0 amide bonds. The number of aromatic amines is 1. The van der Waals surface area contributed by atoms with Crippen LogP contribution in [0.25, 0.3) is 33.2 Å². The molecule has 0 aliphatic carbocycles. The van der Waals surface area contributed by atoms with E-state index in [4.69, 9.17) is 14.3 Å². The number of likely N-dealkylation sites (tertiary alicyclic amines) is 1. The molecule has 3 heterocycles.